The summed E-state index contributed by atoms with van der Waals surface area (Å²) in [5, 5.41) is 21.6. The van der Waals surface area contributed by atoms with E-state index < -0.39 is 43.6 Å². The van der Waals surface area contributed by atoms with Crippen LogP contribution in [-0.4, -0.2) is 54.5 Å². The predicted octanol–water partition coefficient (Wildman–Crippen LogP) is 2.61. The van der Waals surface area contributed by atoms with Crippen molar-refractivity contribution in [2.45, 2.75) is 30.9 Å². The molecule has 31 heavy (non-hydrogen) atoms. The van der Waals surface area contributed by atoms with E-state index in [0.717, 1.165) is 29.1 Å². The average Bonchev–Trinajstić information content (AvgIpc) is 2.73. The van der Waals surface area contributed by atoms with Crippen LogP contribution in [0.2, 0.25) is 0 Å². The molecule has 2 aromatic carbocycles. The van der Waals surface area contributed by atoms with Gasteiger partial charge in [-0.3, -0.25) is 14.9 Å². The molecule has 9 nitrogen and oxygen atoms in total. The molecule has 2 aromatic rings. The van der Waals surface area contributed by atoms with Gasteiger partial charge in [-0.1, -0.05) is 54.1 Å². The molecule has 10 heteroatoms. The zero-order chi connectivity index (χ0) is 23.2. The Balaban J connectivity index is 2.63. The summed E-state index contributed by atoms with van der Waals surface area (Å²) in [7, 11) is -3.50. The fourth-order valence-corrected chi connectivity index (χ4v) is 4.93. The van der Waals surface area contributed by atoms with E-state index in [1.165, 1.54) is 19.1 Å². The third-order valence-corrected chi connectivity index (χ3v) is 6.35. The molecule has 0 fully saturated rings. The molecule has 0 aromatic heterocycles. The summed E-state index contributed by atoms with van der Waals surface area (Å²) in [5.41, 5.74) is 0.712. The summed E-state index contributed by atoms with van der Waals surface area (Å²) in [5.74, 6) is -0.982. The van der Waals surface area contributed by atoms with Crippen LogP contribution >= 0.6 is 0 Å². The maximum Gasteiger partial charge on any atom is 0.326 e. The Kier molecular flexibility index (Phi) is 8.03. The van der Waals surface area contributed by atoms with Crippen molar-refractivity contribution in [1.82, 2.24) is 4.31 Å². The summed E-state index contributed by atoms with van der Waals surface area (Å²) in [6.07, 6.45) is 0.285. The van der Waals surface area contributed by atoms with Crippen molar-refractivity contribution in [2.75, 3.05) is 13.7 Å². The number of aliphatic hydroxyl groups is 1. The van der Waals surface area contributed by atoms with Crippen molar-refractivity contribution in [2.24, 2.45) is 0 Å². The number of sulfonamides is 1. The lowest BCUT2D eigenvalue weighted by Crippen LogP contribution is -2.51. The van der Waals surface area contributed by atoms with E-state index in [9.17, 15) is 28.4 Å². The number of nitrogens with zero attached hydrogens (tertiary/aromatic N) is 2. The molecule has 166 valence electrons. The molecule has 0 bridgehead atoms. The number of benzene rings is 2. The molecule has 2 rings (SSSR count). The number of para-hydroxylation sites is 1. The second-order valence-corrected chi connectivity index (χ2v) is 8.74. The van der Waals surface area contributed by atoms with Gasteiger partial charge in [0.1, 0.15) is 6.04 Å². The van der Waals surface area contributed by atoms with Crippen LogP contribution in [0.4, 0.5) is 5.69 Å². The van der Waals surface area contributed by atoms with Crippen molar-refractivity contribution in [3.05, 3.63) is 75.8 Å². The van der Waals surface area contributed by atoms with Crippen molar-refractivity contribution in [1.29, 1.82) is 0 Å². The topological polar surface area (TPSA) is 127 Å². The Morgan fingerprint density at radius 3 is 2.32 bits per heavy atom. The van der Waals surface area contributed by atoms with E-state index in [0.29, 0.717) is 5.57 Å². The third-order valence-electron chi connectivity index (χ3n) is 4.48. The minimum absolute atomic E-state index is 0.298. The molecular weight excluding hydrogens is 424 g/mol. The lowest BCUT2D eigenvalue weighted by molar-refractivity contribution is -0.387. The van der Waals surface area contributed by atoms with E-state index in [1.54, 1.807) is 13.0 Å². The van der Waals surface area contributed by atoms with Gasteiger partial charge in [-0.15, -0.1) is 0 Å². The molecule has 0 saturated carbocycles. The molecule has 0 spiro atoms. The highest BCUT2D eigenvalue weighted by Crippen LogP contribution is 2.29. The number of nitro groups is 1. The second-order valence-electron chi connectivity index (χ2n) is 6.89. The number of aliphatic hydroxyl groups excluding tert-OH is 1. The normalized spacial score (nSPS) is 14.2. The summed E-state index contributed by atoms with van der Waals surface area (Å²) < 4.78 is 32.4. The standard InChI is InChI=1S/C21H24N2O7S/c1-15(13-17-9-5-4-6-10-17)14-22(20(16(2)24)21(25)30-3)31(28,29)19-12-8-7-11-18(19)23(26)27/h4-13,16,20,24H,14H2,1-3H3/b15-13+. The van der Waals surface area contributed by atoms with E-state index in [4.69, 9.17) is 4.74 Å². The molecule has 0 amide bonds. The van der Waals surface area contributed by atoms with E-state index in [1.807, 2.05) is 30.3 Å². The van der Waals surface area contributed by atoms with Gasteiger partial charge < -0.3 is 9.84 Å². The maximum absolute atomic E-state index is 13.5. The Morgan fingerprint density at radius 1 is 1.19 bits per heavy atom. The molecule has 0 saturated heterocycles. The van der Waals surface area contributed by atoms with Crippen LogP contribution in [0.1, 0.15) is 19.4 Å². The van der Waals surface area contributed by atoms with Crippen LogP contribution in [0.15, 0.2) is 65.1 Å². The van der Waals surface area contributed by atoms with Gasteiger partial charge in [-0.25, -0.2) is 8.42 Å². The van der Waals surface area contributed by atoms with Gasteiger partial charge in [-0.05, 0) is 25.5 Å². The number of esters is 1. The van der Waals surface area contributed by atoms with E-state index in [-0.39, 0.29) is 6.54 Å². The van der Waals surface area contributed by atoms with Gasteiger partial charge in [0.05, 0.1) is 18.1 Å². The van der Waals surface area contributed by atoms with Gasteiger partial charge in [0.25, 0.3) is 15.7 Å². The van der Waals surface area contributed by atoms with Crippen LogP contribution < -0.4 is 0 Å². The Hall–Kier alpha value is -3.08. The summed E-state index contributed by atoms with van der Waals surface area (Å²) in [6.45, 7) is 2.61. The highest BCUT2D eigenvalue weighted by molar-refractivity contribution is 7.89. The molecule has 0 radical (unpaired) electrons. The van der Waals surface area contributed by atoms with Crippen molar-refractivity contribution in [3.8, 4) is 0 Å². The van der Waals surface area contributed by atoms with Crippen molar-refractivity contribution >= 4 is 27.8 Å². The molecule has 1 N–H and O–H groups in total. The Labute approximate surface area is 180 Å². The number of nitro benzene ring substituents is 1. The minimum Gasteiger partial charge on any atom is -0.468 e. The molecular formula is C21H24N2O7S. The zero-order valence-electron chi connectivity index (χ0n) is 17.3. The quantitative estimate of drug-likeness (QED) is 0.355. The fourth-order valence-electron chi connectivity index (χ4n) is 3.09. The maximum atomic E-state index is 13.5. The molecule has 2 atom stereocenters. The first-order chi connectivity index (χ1) is 14.6. The van der Waals surface area contributed by atoms with Gasteiger partial charge in [0, 0.05) is 12.6 Å². The van der Waals surface area contributed by atoms with Gasteiger partial charge >= 0.3 is 5.97 Å². The van der Waals surface area contributed by atoms with Crippen LogP contribution in [0.25, 0.3) is 6.08 Å². The predicted molar refractivity (Wildman–Crippen MR) is 115 cm³/mol. The van der Waals surface area contributed by atoms with Gasteiger partial charge in [0.15, 0.2) is 4.90 Å². The average molecular weight is 448 g/mol. The van der Waals surface area contributed by atoms with Gasteiger partial charge in [-0.2, -0.15) is 4.31 Å². The second kappa shape index (κ2) is 10.3. The Bertz CT molecular complexity index is 1070. The number of carbonyl (C=O) groups is 1. The van der Waals surface area contributed by atoms with Crippen LogP contribution in [0, 0.1) is 10.1 Å². The largest absolute Gasteiger partial charge is 0.468 e. The number of methoxy groups -OCH3 is 1. The smallest absolute Gasteiger partial charge is 0.326 e. The Morgan fingerprint density at radius 2 is 1.77 bits per heavy atom. The minimum atomic E-state index is -4.57. The van der Waals surface area contributed by atoms with E-state index >= 15 is 0 Å². The SMILES string of the molecule is COC(=O)C(C(C)O)N(C/C(C)=C/c1ccccc1)S(=O)(=O)c1ccccc1[N+](=O)[O-]. The number of ether oxygens (including phenoxy) is 1. The molecule has 0 aliphatic rings. The summed E-state index contributed by atoms with van der Waals surface area (Å²) in [4.78, 5) is 22.4. The summed E-state index contributed by atoms with van der Waals surface area (Å²) >= 11 is 0. The lowest BCUT2D eigenvalue weighted by atomic mass is 10.1. The first kappa shape index (κ1) is 24.2. The highest BCUT2D eigenvalue weighted by Gasteiger charge is 2.42. The fraction of sp³-hybridized carbons (Fsp3) is 0.286. The zero-order valence-corrected chi connectivity index (χ0v) is 18.2. The first-order valence-corrected chi connectivity index (χ1v) is 10.8. The van der Waals surface area contributed by atoms with Crippen molar-refractivity contribution in [3.63, 3.8) is 0 Å². The summed E-state index contributed by atoms with van der Waals surface area (Å²) in [6, 6.07) is 12.3. The van der Waals surface area contributed by atoms with Crippen LogP contribution in [0.3, 0.4) is 0 Å². The molecule has 2 unspecified atom stereocenters. The molecule has 0 heterocycles. The first-order valence-electron chi connectivity index (χ1n) is 9.33. The number of rotatable bonds is 9. The number of hydrogen-bond acceptors (Lipinski definition) is 7. The van der Waals surface area contributed by atoms with E-state index in [2.05, 4.69) is 0 Å². The highest BCUT2D eigenvalue weighted by atomic mass is 32.2. The number of carbonyl (C=O) groups excluding carboxylic acids is 1. The van der Waals surface area contributed by atoms with Crippen molar-refractivity contribution < 1.29 is 28.0 Å². The van der Waals surface area contributed by atoms with Gasteiger partial charge in [0.2, 0.25) is 0 Å². The molecule has 0 aliphatic heterocycles. The monoisotopic (exact) mass is 448 g/mol. The van der Waals surface area contributed by atoms with Crippen LogP contribution in [0.5, 0.6) is 0 Å². The number of hydrogen-bond donors (Lipinski definition) is 1. The third kappa shape index (κ3) is 5.75. The lowest BCUT2D eigenvalue weighted by Gasteiger charge is -2.31. The van der Waals surface area contributed by atoms with Crippen LogP contribution in [-0.2, 0) is 19.6 Å². The molecule has 0 aliphatic carbocycles.